The van der Waals surface area contributed by atoms with Crippen molar-refractivity contribution in [3.63, 3.8) is 0 Å². The summed E-state index contributed by atoms with van der Waals surface area (Å²) in [6.07, 6.45) is 2.47. The zero-order chi connectivity index (χ0) is 20.6. The Hall–Kier alpha value is -2.68. The normalized spacial score (nSPS) is 14.4. The second-order valence-electron chi connectivity index (χ2n) is 6.54. The highest BCUT2D eigenvalue weighted by atomic mass is 16.5. The first-order valence-electron chi connectivity index (χ1n) is 9.45. The number of carbonyl (C=O) groups is 2. The molecular formula is C20H28N4O4. The van der Waals surface area contributed by atoms with Gasteiger partial charge in [0, 0.05) is 30.1 Å². The molecule has 0 aromatic heterocycles. The van der Waals surface area contributed by atoms with E-state index in [1.54, 1.807) is 12.1 Å². The Morgan fingerprint density at radius 3 is 2.07 bits per heavy atom. The summed E-state index contributed by atoms with van der Waals surface area (Å²) in [6, 6.07) is 7.28. The summed E-state index contributed by atoms with van der Waals surface area (Å²) < 4.78 is -0.223. The van der Waals surface area contributed by atoms with E-state index in [0.717, 1.165) is 5.69 Å². The first-order chi connectivity index (χ1) is 13.4. The molecule has 1 aromatic rings. The van der Waals surface area contributed by atoms with Gasteiger partial charge in [0.15, 0.2) is 0 Å². The van der Waals surface area contributed by atoms with Gasteiger partial charge in [-0.3, -0.25) is 9.59 Å². The Morgan fingerprint density at radius 1 is 0.893 bits per heavy atom. The van der Waals surface area contributed by atoms with Gasteiger partial charge in [0.05, 0.1) is 44.2 Å². The molecule has 0 saturated heterocycles. The second-order valence-corrected chi connectivity index (χ2v) is 6.54. The predicted octanol–water partition coefficient (Wildman–Crippen LogP) is 1.37. The number of aliphatic hydroxyl groups excluding tert-OH is 1. The average Bonchev–Trinajstić information content (AvgIpc) is 2.70. The summed E-state index contributed by atoms with van der Waals surface area (Å²) in [7, 11) is 0. The number of hydrogen-bond acceptors (Lipinski definition) is 7. The molecule has 1 aromatic carbocycles. The number of ketones is 2. The lowest BCUT2D eigenvalue weighted by atomic mass is 10.1. The molecular weight excluding hydrogens is 360 g/mol. The largest absolute Gasteiger partial charge is 0.633 e. The minimum absolute atomic E-state index is 0.125. The van der Waals surface area contributed by atoms with Gasteiger partial charge < -0.3 is 30.9 Å². The van der Waals surface area contributed by atoms with E-state index in [9.17, 15) is 14.8 Å². The molecule has 152 valence electrons. The van der Waals surface area contributed by atoms with Crippen LogP contribution in [0.3, 0.4) is 0 Å². The molecule has 1 aliphatic rings. The average molecular weight is 388 g/mol. The quantitative estimate of drug-likeness (QED) is 0.257. The number of carbonyl (C=O) groups excluding carboxylic acids is 2. The third kappa shape index (κ3) is 5.91. The first kappa shape index (κ1) is 21.6. The van der Waals surface area contributed by atoms with E-state index in [4.69, 9.17) is 5.11 Å². The van der Waals surface area contributed by atoms with Crippen LogP contribution in [0, 0.1) is 5.21 Å². The Bertz CT molecular complexity index is 752. The van der Waals surface area contributed by atoms with Crippen LogP contribution < -0.4 is 16.0 Å². The van der Waals surface area contributed by atoms with Gasteiger partial charge in [-0.05, 0) is 38.1 Å². The SMILES string of the molecule is CC[N+]([O-])(CC)CCNc1ccc(NC2=CC(=O)C(NCCO)=CC2=O)cc1. The molecule has 0 amide bonds. The van der Waals surface area contributed by atoms with Gasteiger partial charge in [-0.15, -0.1) is 0 Å². The molecule has 1 aliphatic carbocycles. The maximum absolute atomic E-state index is 12.2. The van der Waals surface area contributed by atoms with Crippen molar-refractivity contribution >= 4 is 22.9 Å². The van der Waals surface area contributed by atoms with E-state index in [1.807, 2.05) is 26.0 Å². The van der Waals surface area contributed by atoms with Crippen LogP contribution in [0.5, 0.6) is 0 Å². The number of likely N-dealkylation sites (N-methyl/N-ethyl adjacent to an activating group) is 1. The molecule has 8 heteroatoms. The van der Waals surface area contributed by atoms with Crippen molar-refractivity contribution < 1.29 is 19.3 Å². The minimum Gasteiger partial charge on any atom is -0.633 e. The number of aliphatic hydroxyl groups is 1. The molecule has 0 atom stereocenters. The molecule has 0 bridgehead atoms. The van der Waals surface area contributed by atoms with Crippen LogP contribution in [-0.4, -0.2) is 60.7 Å². The van der Waals surface area contributed by atoms with E-state index in [1.165, 1.54) is 12.2 Å². The molecule has 0 unspecified atom stereocenters. The summed E-state index contributed by atoms with van der Waals surface area (Å²) in [6.45, 7) is 6.04. The van der Waals surface area contributed by atoms with Gasteiger partial charge in [0.1, 0.15) is 0 Å². The summed E-state index contributed by atoms with van der Waals surface area (Å²) in [4.78, 5) is 24.2. The Kier molecular flexibility index (Phi) is 7.74. The Labute approximate surface area is 165 Å². The van der Waals surface area contributed by atoms with E-state index in [-0.39, 0.29) is 40.8 Å². The molecule has 2 rings (SSSR count). The van der Waals surface area contributed by atoms with E-state index < -0.39 is 0 Å². The highest BCUT2D eigenvalue weighted by Gasteiger charge is 2.20. The van der Waals surface area contributed by atoms with Crippen LogP contribution in [0.15, 0.2) is 47.8 Å². The summed E-state index contributed by atoms with van der Waals surface area (Å²) in [5.74, 6) is -0.633. The second kappa shape index (κ2) is 10.0. The number of nitrogens with zero attached hydrogens (tertiary/aromatic N) is 1. The number of anilines is 2. The lowest BCUT2D eigenvalue weighted by Gasteiger charge is -2.41. The van der Waals surface area contributed by atoms with Crippen molar-refractivity contribution in [3.8, 4) is 0 Å². The first-order valence-corrected chi connectivity index (χ1v) is 9.45. The number of nitrogens with one attached hydrogen (secondary N) is 3. The molecule has 0 radical (unpaired) electrons. The molecule has 0 fully saturated rings. The fourth-order valence-electron chi connectivity index (χ4n) is 2.76. The highest BCUT2D eigenvalue weighted by molar-refractivity contribution is 6.20. The molecule has 4 N–H and O–H groups in total. The van der Waals surface area contributed by atoms with Gasteiger partial charge in [-0.1, -0.05) is 0 Å². The molecule has 8 nitrogen and oxygen atoms in total. The number of hydrogen-bond donors (Lipinski definition) is 4. The van der Waals surface area contributed by atoms with Crippen LogP contribution in [-0.2, 0) is 9.59 Å². The van der Waals surface area contributed by atoms with Crippen LogP contribution >= 0.6 is 0 Å². The van der Waals surface area contributed by atoms with Crippen molar-refractivity contribution in [1.29, 1.82) is 0 Å². The number of benzene rings is 1. The van der Waals surface area contributed by atoms with Crippen LogP contribution in [0.1, 0.15) is 13.8 Å². The van der Waals surface area contributed by atoms with Crippen molar-refractivity contribution in [2.24, 2.45) is 0 Å². The number of quaternary nitrogens is 1. The van der Waals surface area contributed by atoms with E-state index in [0.29, 0.717) is 31.9 Å². The molecule has 28 heavy (non-hydrogen) atoms. The number of allylic oxidation sites excluding steroid dienone is 2. The smallest absolute Gasteiger partial charge is 0.204 e. The Balaban J connectivity index is 1.91. The number of hydroxylamine groups is 3. The van der Waals surface area contributed by atoms with Crippen LogP contribution in [0.4, 0.5) is 11.4 Å². The molecule has 0 aliphatic heterocycles. The lowest BCUT2D eigenvalue weighted by Crippen LogP contribution is -2.44. The maximum Gasteiger partial charge on any atom is 0.204 e. The fourth-order valence-corrected chi connectivity index (χ4v) is 2.76. The predicted molar refractivity (Wildman–Crippen MR) is 109 cm³/mol. The van der Waals surface area contributed by atoms with Crippen molar-refractivity contribution in [2.45, 2.75) is 13.8 Å². The topological polar surface area (TPSA) is 114 Å². The molecule has 0 heterocycles. The van der Waals surface area contributed by atoms with Crippen LogP contribution in [0.25, 0.3) is 0 Å². The molecule has 0 saturated carbocycles. The lowest BCUT2D eigenvalue weighted by molar-refractivity contribution is -0.875. The summed E-state index contributed by atoms with van der Waals surface area (Å²) >= 11 is 0. The zero-order valence-electron chi connectivity index (χ0n) is 16.3. The third-order valence-corrected chi connectivity index (χ3v) is 4.67. The highest BCUT2D eigenvalue weighted by Crippen LogP contribution is 2.18. The van der Waals surface area contributed by atoms with E-state index in [2.05, 4.69) is 16.0 Å². The zero-order valence-corrected chi connectivity index (χ0v) is 16.3. The fraction of sp³-hybridized carbons (Fsp3) is 0.400. The van der Waals surface area contributed by atoms with Crippen molar-refractivity contribution in [3.05, 3.63) is 53.0 Å². The molecule has 0 spiro atoms. The van der Waals surface area contributed by atoms with Gasteiger partial charge >= 0.3 is 0 Å². The van der Waals surface area contributed by atoms with Gasteiger partial charge in [-0.2, -0.15) is 0 Å². The van der Waals surface area contributed by atoms with Gasteiger partial charge in [0.2, 0.25) is 11.6 Å². The standard InChI is InChI=1S/C20H28N4O4/c1-3-24(28,4-2)11-9-21-15-5-7-16(8-6-15)23-18-14-19(26)17(13-20(18)27)22-10-12-25/h5-8,13-14,21-23,25H,3-4,9-12H2,1-2H3. The summed E-state index contributed by atoms with van der Waals surface area (Å²) in [5, 5.41) is 29.9. The Morgan fingerprint density at radius 2 is 1.46 bits per heavy atom. The van der Waals surface area contributed by atoms with E-state index >= 15 is 0 Å². The van der Waals surface area contributed by atoms with Crippen molar-refractivity contribution in [2.75, 3.05) is 50.0 Å². The van der Waals surface area contributed by atoms with Gasteiger partial charge in [0.25, 0.3) is 0 Å². The minimum atomic E-state index is -0.320. The monoisotopic (exact) mass is 388 g/mol. The summed E-state index contributed by atoms with van der Waals surface area (Å²) in [5.41, 5.74) is 1.92. The third-order valence-electron chi connectivity index (χ3n) is 4.67. The number of rotatable bonds is 11. The van der Waals surface area contributed by atoms with Gasteiger partial charge in [-0.25, -0.2) is 0 Å². The van der Waals surface area contributed by atoms with Crippen LogP contribution in [0.2, 0.25) is 0 Å². The maximum atomic E-state index is 12.2. The van der Waals surface area contributed by atoms with Crippen molar-refractivity contribution in [1.82, 2.24) is 5.32 Å².